The average Bonchev–Trinajstić information content (AvgIpc) is 2.63. The second kappa shape index (κ2) is 8.05. The first-order chi connectivity index (χ1) is 11.7. The fraction of sp³-hybridized carbons (Fsp3) is 0.611. The molecule has 1 aromatic carbocycles. The minimum atomic E-state index is -0.259. The summed E-state index contributed by atoms with van der Waals surface area (Å²) in [6, 6.07) is 6.33. The van der Waals surface area contributed by atoms with Crippen LogP contribution >= 0.6 is 0 Å². The molecule has 1 unspecified atom stereocenters. The summed E-state index contributed by atoms with van der Waals surface area (Å²) in [4.78, 5) is 19.7. The monoisotopic (exact) mass is 336 g/mol. The van der Waals surface area contributed by atoms with Crippen LogP contribution in [0.25, 0.3) is 0 Å². The van der Waals surface area contributed by atoms with Crippen molar-refractivity contribution in [1.29, 1.82) is 0 Å². The first kappa shape index (κ1) is 17.3. The van der Waals surface area contributed by atoms with Gasteiger partial charge in [0, 0.05) is 26.1 Å². The molecule has 3 rings (SSSR count). The molecule has 2 aliphatic rings. The molecule has 0 aromatic heterocycles. The largest absolute Gasteiger partial charge is 0.370 e. The fourth-order valence-corrected chi connectivity index (χ4v) is 3.43. The number of halogens is 1. The van der Waals surface area contributed by atoms with Crippen LogP contribution in [0.3, 0.4) is 0 Å². The lowest BCUT2D eigenvalue weighted by molar-refractivity contribution is -0.153. The summed E-state index contributed by atoms with van der Waals surface area (Å²) in [5.41, 5.74) is 0.919. The van der Waals surface area contributed by atoms with Crippen molar-refractivity contribution in [3.8, 4) is 0 Å². The Hall–Kier alpha value is -1.50. The van der Waals surface area contributed by atoms with Crippen LogP contribution in [-0.4, -0.2) is 55.8 Å². The van der Waals surface area contributed by atoms with E-state index in [1.165, 1.54) is 12.1 Å². The summed E-state index contributed by atoms with van der Waals surface area (Å²) in [6.07, 6.45) is 2.41. The molecule has 132 valence electrons. The van der Waals surface area contributed by atoms with E-state index < -0.39 is 0 Å². The van der Waals surface area contributed by atoms with Crippen LogP contribution in [0.4, 0.5) is 4.39 Å². The first-order valence-electron chi connectivity index (χ1n) is 8.59. The Morgan fingerprint density at radius 3 is 2.62 bits per heavy atom. The summed E-state index contributed by atoms with van der Waals surface area (Å²) in [5, 5.41) is 1.94. The van der Waals surface area contributed by atoms with Gasteiger partial charge >= 0.3 is 0 Å². The van der Waals surface area contributed by atoms with Gasteiger partial charge in [-0.15, -0.1) is 0 Å². The maximum absolute atomic E-state index is 13.1. The third kappa shape index (κ3) is 4.32. The van der Waals surface area contributed by atoms with Crippen LogP contribution in [0.1, 0.15) is 30.9 Å². The van der Waals surface area contributed by atoms with E-state index in [9.17, 15) is 9.18 Å². The van der Waals surface area contributed by atoms with Gasteiger partial charge in [-0.25, -0.2) is 4.39 Å². The zero-order valence-corrected chi connectivity index (χ0v) is 14.1. The van der Waals surface area contributed by atoms with E-state index in [1.54, 1.807) is 19.2 Å². The molecule has 0 radical (unpaired) electrons. The highest BCUT2D eigenvalue weighted by atomic mass is 19.1. The van der Waals surface area contributed by atoms with Crippen LogP contribution < -0.4 is 0 Å². The van der Waals surface area contributed by atoms with Crippen molar-refractivity contribution in [2.24, 2.45) is 5.92 Å². The predicted octanol–water partition coefficient (Wildman–Crippen LogP) is 2.39. The normalized spacial score (nSPS) is 23.4. The van der Waals surface area contributed by atoms with Gasteiger partial charge < -0.3 is 14.5 Å². The van der Waals surface area contributed by atoms with Gasteiger partial charge in [-0.2, -0.15) is 5.06 Å². The smallest absolute Gasteiger partial charge is 0.223 e. The van der Waals surface area contributed by atoms with Gasteiger partial charge in [-0.05, 0) is 36.5 Å². The maximum Gasteiger partial charge on any atom is 0.223 e. The number of morpholine rings is 1. The molecule has 0 aliphatic carbocycles. The highest BCUT2D eigenvalue weighted by Gasteiger charge is 2.28. The minimum Gasteiger partial charge on any atom is -0.370 e. The molecule has 0 bridgehead atoms. The lowest BCUT2D eigenvalue weighted by Gasteiger charge is -2.35. The Morgan fingerprint density at radius 1 is 1.25 bits per heavy atom. The number of rotatable bonds is 4. The van der Waals surface area contributed by atoms with Gasteiger partial charge in [0.1, 0.15) is 11.9 Å². The Balaban J connectivity index is 1.52. The summed E-state index contributed by atoms with van der Waals surface area (Å²) in [7, 11) is 1.69. The molecule has 2 aliphatic heterocycles. The molecule has 2 heterocycles. The molecular weight excluding hydrogens is 311 g/mol. The number of piperidine rings is 1. The topological polar surface area (TPSA) is 42.0 Å². The van der Waals surface area contributed by atoms with Crippen LogP contribution in [0, 0.1) is 11.7 Å². The molecule has 0 spiro atoms. The number of carbonyl (C=O) groups is 1. The number of hydroxylamine groups is 2. The van der Waals surface area contributed by atoms with E-state index in [4.69, 9.17) is 9.57 Å². The molecular formula is C18H25FN2O3. The molecule has 1 amide bonds. The van der Waals surface area contributed by atoms with Crippen molar-refractivity contribution in [2.45, 2.75) is 25.4 Å². The van der Waals surface area contributed by atoms with E-state index in [-0.39, 0.29) is 17.8 Å². The van der Waals surface area contributed by atoms with Crippen LogP contribution in [0.15, 0.2) is 24.3 Å². The zero-order chi connectivity index (χ0) is 16.9. The maximum atomic E-state index is 13.1. The van der Waals surface area contributed by atoms with Crippen LogP contribution in [0.5, 0.6) is 0 Å². The number of carbonyl (C=O) groups excluding carboxylic acids is 1. The minimum absolute atomic E-state index is 0.168. The molecule has 1 aromatic rings. The van der Waals surface area contributed by atoms with Gasteiger partial charge in [-0.3, -0.25) is 4.79 Å². The van der Waals surface area contributed by atoms with Gasteiger partial charge in [-0.1, -0.05) is 12.1 Å². The molecule has 0 N–H and O–H groups in total. The van der Waals surface area contributed by atoms with Gasteiger partial charge in [0.25, 0.3) is 0 Å². The van der Waals surface area contributed by atoms with Crippen molar-refractivity contribution in [1.82, 2.24) is 9.96 Å². The Bertz CT molecular complexity index is 544. The quantitative estimate of drug-likeness (QED) is 0.847. The third-order valence-corrected chi connectivity index (χ3v) is 4.96. The van der Waals surface area contributed by atoms with Crippen molar-refractivity contribution < 1.29 is 18.8 Å². The second-order valence-corrected chi connectivity index (χ2v) is 6.51. The number of hydrogen-bond donors (Lipinski definition) is 0. The van der Waals surface area contributed by atoms with Crippen molar-refractivity contribution in [3.63, 3.8) is 0 Å². The van der Waals surface area contributed by atoms with E-state index >= 15 is 0 Å². The van der Waals surface area contributed by atoms with Gasteiger partial charge in [0.15, 0.2) is 0 Å². The average molecular weight is 336 g/mol. The highest BCUT2D eigenvalue weighted by Crippen LogP contribution is 2.25. The van der Waals surface area contributed by atoms with Crippen molar-refractivity contribution in [2.75, 3.05) is 39.9 Å². The molecule has 1 atom stereocenters. The zero-order valence-electron chi connectivity index (χ0n) is 14.1. The van der Waals surface area contributed by atoms with E-state index in [0.717, 1.165) is 31.5 Å². The number of hydrogen-bond acceptors (Lipinski definition) is 4. The summed E-state index contributed by atoms with van der Waals surface area (Å²) >= 11 is 0. The van der Waals surface area contributed by atoms with Crippen molar-refractivity contribution >= 4 is 5.91 Å². The molecule has 2 fully saturated rings. The van der Waals surface area contributed by atoms with Crippen LogP contribution in [0.2, 0.25) is 0 Å². The van der Waals surface area contributed by atoms with E-state index in [2.05, 4.69) is 0 Å². The SMILES string of the molecule is CON1CCC(CC(=O)N2CCOC(c3ccc(F)cc3)C2)CC1. The summed E-state index contributed by atoms with van der Waals surface area (Å²) in [6.45, 7) is 3.47. The van der Waals surface area contributed by atoms with Gasteiger partial charge in [0.05, 0.1) is 20.3 Å². The molecule has 2 saturated heterocycles. The predicted molar refractivity (Wildman–Crippen MR) is 87.6 cm³/mol. The van der Waals surface area contributed by atoms with E-state index in [1.807, 2.05) is 9.96 Å². The highest BCUT2D eigenvalue weighted by molar-refractivity contribution is 5.76. The molecule has 0 saturated carbocycles. The van der Waals surface area contributed by atoms with Crippen LogP contribution in [-0.2, 0) is 14.4 Å². The number of amides is 1. The third-order valence-electron chi connectivity index (χ3n) is 4.96. The molecule has 5 nitrogen and oxygen atoms in total. The number of nitrogens with zero attached hydrogens (tertiary/aromatic N) is 2. The second-order valence-electron chi connectivity index (χ2n) is 6.51. The molecule has 24 heavy (non-hydrogen) atoms. The standard InChI is InChI=1S/C18H25FN2O3/c1-23-21-8-6-14(7-9-21)12-18(22)20-10-11-24-17(13-20)15-2-4-16(19)5-3-15/h2-5,14,17H,6-13H2,1H3. The lowest BCUT2D eigenvalue weighted by Crippen LogP contribution is -2.43. The fourth-order valence-electron chi connectivity index (χ4n) is 3.43. The lowest BCUT2D eigenvalue weighted by atomic mass is 9.93. The Labute approximate surface area is 142 Å². The number of ether oxygens (including phenoxy) is 1. The van der Waals surface area contributed by atoms with Crippen molar-refractivity contribution in [3.05, 3.63) is 35.6 Å². The Morgan fingerprint density at radius 2 is 1.96 bits per heavy atom. The number of benzene rings is 1. The summed E-state index contributed by atoms with van der Waals surface area (Å²) in [5.74, 6) is 0.363. The van der Waals surface area contributed by atoms with E-state index in [0.29, 0.717) is 32.0 Å². The molecule has 6 heteroatoms. The first-order valence-corrected chi connectivity index (χ1v) is 8.59. The van der Waals surface area contributed by atoms with Gasteiger partial charge in [0.2, 0.25) is 5.91 Å². The summed E-state index contributed by atoms with van der Waals surface area (Å²) < 4.78 is 18.8. The Kier molecular flexibility index (Phi) is 5.81.